The molecule has 0 amide bonds. The van der Waals surface area contributed by atoms with E-state index in [0.29, 0.717) is 11.3 Å². The summed E-state index contributed by atoms with van der Waals surface area (Å²) in [4.78, 5) is 5.74. The number of hydrogen-bond acceptors (Lipinski definition) is 7. The molecule has 0 aliphatic carbocycles. The Kier molecular flexibility index (Phi) is 8.27. The van der Waals surface area contributed by atoms with Crippen molar-refractivity contribution in [3.8, 4) is 23.0 Å². The average Bonchev–Trinajstić information content (AvgIpc) is 3.18. The quantitative estimate of drug-likeness (QED) is 0.284. The number of aliphatic hydroxyl groups is 1. The third-order valence-corrected chi connectivity index (χ3v) is 6.99. The van der Waals surface area contributed by atoms with Gasteiger partial charge < -0.3 is 29.7 Å². The first-order valence-corrected chi connectivity index (χ1v) is 12.5. The number of aliphatic imine (C=N–C) groups is 1. The molecule has 1 unspecified atom stereocenters. The third-order valence-electron chi connectivity index (χ3n) is 6.12. The van der Waals surface area contributed by atoms with Crippen LogP contribution in [0.1, 0.15) is 16.7 Å². The van der Waals surface area contributed by atoms with E-state index in [2.05, 4.69) is 10.3 Å². The molecule has 1 fully saturated rings. The van der Waals surface area contributed by atoms with Crippen LogP contribution in [0.25, 0.3) is 0 Å². The van der Waals surface area contributed by atoms with E-state index in [4.69, 9.17) is 49.6 Å². The van der Waals surface area contributed by atoms with Crippen molar-refractivity contribution in [3.63, 3.8) is 0 Å². The zero-order chi connectivity index (χ0) is 29.4. The van der Waals surface area contributed by atoms with Crippen molar-refractivity contribution in [1.82, 2.24) is 5.32 Å². The summed E-state index contributed by atoms with van der Waals surface area (Å²) >= 11 is 17.9. The number of thiocarbonyl (C=S) groups is 1. The summed E-state index contributed by atoms with van der Waals surface area (Å²) in [6.45, 7) is -0.119. The highest BCUT2D eigenvalue weighted by molar-refractivity contribution is 7.80. The maximum atomic E-state index is 13.0. The van der Waals surface area contributed by atoms with Crippen LogP contribution in [0.3, 0.4) is 0 Å². The number of halogens is 5. The fourth-order valence-corrected chi connectivity index (χ4v) is 4.96. The van der Waals surface area contributed by atoms with Crippen molar-refractivity contribution in [2.45, 2.75) is 18.4 Å². The number of aromatic hydroxyl groups is 1. The summed E-state index contributed by atoms with van der Waals surface area (Å²) in [6, 6.07) is 10.1. The highest BCUT2D eigenvalue weighted by atomic mass is 35.5. The molecule has 212 valence electrons. The van der Waals surface area contributed by atoms with Crippen molar-refractivity contribution in [2.24, 2.45) is 4.99 Å². The predicted molar refractivity (Wildman–Crippen MR) is 149 cm³/mol. The second-order valence-corrected chi connectivity index (χ2v) is 9.66. The van der Waals surface area contributed by atoms with E-state index in [9.17, 15) is 23.4 Å². The van der Waals surface area contributed by atoms with E-state index in [0.717, 1.165) is 12.1 Å². The molecule has 1 aliphatic rings. The maximum absolute atomic E-state index is 13.0. The van der Waals surface area contributed by atoms with Gasteiger partial charge in [0, 0.05) is 6.07 Å². The molecule has 1 saturated heterocycles. The number of phenolic OH excluding ortho intramolecular Hbond substituents is 1. The number of amidine groups is 1. The van der Waals surface area contributed by atoms with Crippen LogP contribution < -0.4 is 24.4 Å². The number of methoxy groups -OCH3 is 3. The van der Waals surface area contributed by atoms with Gasteiger partial charge in [-0.05, 0) is 48.1 Å². The van der Waals surface area contributed by atoms with Gasteiger partial charge in [-0.2, -0.15) is 13.2 Å². The van der Waals surface area contributed by atoms with Gasteiger partial charge in [0.1, 0.15) is 5.75 Å². The summed E-state index contributed by atoms with van der Waals surface area (Å²) in [5, 5.41) is 25.2. The molecular formula is C26H22Cl2F3N3O5S. The van der Waals surface area contributed by atoms with Crippen LogP contribution >= 0.6 is 35.4 Å². The monoisotopic (exact) mass is 615 g/mol. The Hall–Kier alpha value is -3.45. The number of nitrogens with one attached hydrogen (secondary N) is 1. The standard InChI is InChI=1S/C26H22Cl2F3N3O5S/c1-37-19-11-21(39-3)20(38-2)10-16(19)25(36)23(32-12-13-4-6-14(7-5-13)26(29,30)31)33-24(40)34(25)15-8-17(27)22(35)18(28)9-15/h4-11,35-36H,12H2,1-3H3,(H,32,33,40). The Bertz CT molecular complexity index is 1460. The van der Waals surface area contributed by atoms with Crippen molar-refractivity contribution in [3.05, 3.63) is 75.3 Å². The summed E-state index contributed by atoms with van der Waals surface area (Å²) in [5.74, 6) is 0.269. The zero-order valence-electron chi connectivity index (χ0n) is 21.1. The normalized spacial score (nSPS) is 18.2. The zero-order valence-corrected chi connectivity index (χ0v) is 23.5. The van der Waals surface area contributed by atoms with Gasteiger partial charge in [-0.25, -0.2) is 0 Å². The van der Waals surface area contributed by atoms with E-state index < -0.39 is 17.5 Å². The molecule has 3 aromatic rings. The molecule has 1 atom stereocenters. The average molecular weight is 616 g/mol. The minimum Gasteiger partial charge on any atom is -0.505 e. The molecule has 40 heavy (non-hydrogen) atoms. The molecule has 3 aromatic carbocycles. The molecule has 1 heterocycles. The van der Waals surface area contributed by atoms with Crippen LogP contribution in [-0.4, -0.2) is 42.5 Å². The Morgan fingerprint density at radius 3 is 2.02 bits per heavy atom. The Balaban J connectivity index is 1.90. The van der Waals surface area contributed by atoms with Crippen LogP contribution in [0.4, 0.5) is 18.9 Å². The fourth-order valence-electron chi connectivity index (χ4n) is 4.15. The molecule has 0 spiro atoms. The summed E-state index contributed by atoms with van der Waals surface area (Å²) in [6.07, 6.45) is -4.49. The van der Waals surface area contributed by atoms with Gasteiger partial charge in [-0.15, -0.1) is 0 Å². The number of benzene rings is 3. The molecule has 0 radical (unpaired) electrons. The lowest BCUT2D eigenvalue weighted by molar-refractivity contribution is -0.137. The van der Waals surface area contributed by atoms with Crippen LogP contribution in [0.5, 0.6) is 23.0 Å². The Labute approximate surface area is 242 Å². The van der Waals surface area contributed by atoms with Gasteiger partial charge in [0.05, 0.1) is 54.7 Å². The molecule has 14 heteroatoms. The lowest BCUT2D eigenvalue weighted by atomic mass is 9.98. The molecule has 0 saturated carbocycles. The number of rotatable bonds is 7. The number of phenols is 1. The topological polar surface area (TPSA) is 95.8 Å². The predicted octanol–water partition coefficient (Wildman–Crippen LogP) is 5.88. The van der Waals surface area contributed by atoms with Gasteiger partial charge in [0.2, 0.25) is 5.72 Å². The largest absolute Gasteiger partial charge is 0.505 e. The SMILES string of the molecule is COc1cc(OC)c(C2(O)C(=NCc3ccc(C(F)(F)F)cc3)NC(=S)N2c2cc(Cl)c(O)c(Cl)c2)cc1OC. The first-order chi connectivity index (χ1) is 18.8. The number of nitrogens with zero attached hydrogens (tertiary/aromatic N) is 2. The number of alkyl halides is 3. The third kappa shape index (κ3) is 5.31. The van der Waals surface area contributed by atoms with Crippen molar-refractivity contribution in [1.29, 1.82) is 0 Å². The highest BCUT2D eigenvalue weighted by Gasteiger charge is 2.52. The highest BCUT2D eigenvalue weighted by Crippen LogP contribution is 2.46. The minimum atomic E-state index is -4.49. The molecule has 0 bridgehead atoms. The number of ether oxygens (including phenoxy) is 3. The van der Waals surface area contributed by atoms with Crippen molar-refractivity contribution < 1.29 is 37.6 Å². The Morgan fingerprint density at radius 2 is 1.50 bits per heavy atom. The second kappa shape index (κ2) is 11.2. The second-order valence-electron chi connectivity index (χ2n) is 8.46. The van der Waals surface area contributed by atoms with Gasteiger partial charge >= 0.3 is 6.18 Å². The molecular weight excluding hydrogens is 594 g/mol. The fraction of sp³-hybridized carbons (Fsp3) is 0.231. The minimum absolute atomic E-state index is 0.0247. The van der Waals surface area contributed by atoms with E-state index in [1.54, 1.807) is 0 Å². The summed E-state index contributed by atoms with van der Waals surface area (Å²) in [5.41, 5.74) is -2.26. The first-order valence-electron chi connectivity index (χ1n) is 11.4. The van der Waals surface area contributed by atoms with E-state index in [1.165, 1.54) is 62.6 Å². The van der Waals surface area contributed by atoms with Gasteiger partial charge in [-0.1, -0.05) is 35.3 Å². The molecule has 8 nitrogen and oxygen atoms in total. The number of hydrogen-bond donors (Lipinski definition) is 3. The van der Waals surface area contributed by atoms with Crippen LogP contribution in [0.2, 0.25) is 10.0 Å². The summed E-state index contributed by atoms with van der Waals surface area (Å²) in [7, 11) is 4.22. The van der Waals surface area contributed by atoms with E-state index >= 15 is 0 Å². The van der Waals surface area contributed by atoms with Crippen molar-refractivity contribution >= 4 is 52.1 Å². The van der Waals surface area contributed by atoms with Gasteiger partial charge in [-0.3, -0.25) is 9.89 Å². The van der Waals surface area contributed by atoms with Crippen LogP contribution in [-0.2, 0) is 18.4 Å². The maximum Gasteiger partial charge on any atom is 0.416 e. The lowest BCUT2D eigenvalue weighted by Crippen LogP contribution is -2.47. The first kappa shape index (κ1) is 29.5. The van der Waals surface area contributed by atoms with Crippen LogP contribution in [0.15, 0.2) is 53.5 Å². The van der Waals surface area contributed by atoms with E-state index in [1.807, 2.05) is 0 Å². The molecule has 1 aliphatic heterocycles. The molecule has 0 aromatic heterocycles. The van der Waals surface area contributed by atoms with Gasteiger partial charge in [0.25, 0.3) is 0 Å². The Morgan fingerprint density at radius 1 is 0.950 bits per heavy atom. The smallest absolute Gasteiger partial charge is 0.416 e. The number of anilines is 1. The molecule has 3 N–H and O–H groups in total. The van der Waals surface area contributed by atoms with Gasteiger partial charge in [0.15, 0.2) is 28.2 Å². The van der Waals surface area contributed by atoms with Crippen LogP contribution in [0, 0.1) is 0 Å². The van der Waals surface area contributed by atoms with Crippen molar-refractivity contribution in [2.75, 3.05) is 26.2 Å². The summed E-state index contributed by atoms with van der Waals surface area (Å²) < 4.78 is 55.4. The lowest BCUT2D eigenvalue weighted by Gasteiger charge is -2.35. The van der Waals surface area contributed by atoms with E-state index in [-0.39, 0.29) is 56.0 Å². The molecule has 4 rings (SSSR count).